The number of halogens is 1. The van der Waals surface area contributed by atoms with Crippen LogP contribution in [0.5, 0.6) is 0 Å². The van der Waals surface area contributed by atoms with E-state index in [4.69, 9.17) is 11.6 Å². The first-order valence-electron chi connectivity index (χ1n) is 7.84. The number of pyridine rings is 1. The van der Waals surface area contributed by atoms with Crippen molar-refractivity contribution >= 4 is 21.6 Å². The Labute approximate surface area is 137 Å². The maximum absolute atomic E-state index is 11.9. The zero-order valence-electron chi connectivity index (χ0n) is 12.5. The zero-order chi connectivity index (χ0) is 15.6. The topological polar surface area (TPSA) is 62.3 Å². The molecule has 122 valence electrons. The molecule has 2 heterocycles. The summed E-state index contributed by atoms with van der Waals surface area (Å²) in [6.07, 6.45) is 5.63. The van der Waals surface area contributed by atoms with Crippen LogP contribution in [0.2, 0.25) is 5.15 Å². The molecule has 0 spiro atoms. The second kappa shape index (κ2) is 6.83. The first-order valence-corrected chi connectivity index (χ1v) is 9.76. The van der Waals surface area contributed by atoms with Gasteiger partial charge in [0.05, 0.1) is 5.25 Å². The monoisotopic (exact) mass is 343 g/mol. The van der Waals surface area contributed by atoms with Gasteiger partial charge in [-0.1, -0.05) is 17.7 Å². The molecule has 1 atom stereocenters. The molecule has 2 aliphatic rings. The second-order valence-electron chi connectivity index (χ2n) is 6.33. The number of nitrogens with zero attached hydrogens (tertiary/aromatic N) is 2. The van der Waals surface area contributed by atoms with Crippen LogP contribution in [-0.2, 0) is 16.6 Å². The van der Waals surface area contributed by atoms with E-state index >= 15 is 0 Å². The Balaban J connectivity index is 1.49. The summed E-state index contributed by atoms with van der Waals surface area (Å²) < 4.78 is 26.6. The molecule has 2 fully saturated rings. The van der Waals surface area contributed by atoms with Crippen LogP contribution in [0.3, 0.4) is 0 Å². The van der Waals surface area contributed by atoms with Gasteiger partial charge in [0.25, 0.3) is 0 Å². The Hall–Kier alpha value is -0.690. The average Bonchev–Trinajstić information content (AvgIpc) is 3.33. The maximum Gasteiger partial charge on any atom is 0.214 e. The number of likely N-dealkylation sites (tertiary alicyclic amines) is 1. The molecule has 0 aromatic carbocycles. The van der Waals surface area contributed by atoms with Gasteiger partial charge in [-0.2, -0.15) is 0 Å². The second-order valence-corrected chi connectivity index (χ2v) is 8.76. The minimum absolute atomic E-state index is 0.132. The van der Waals surface area contributed by atoms with Crippen molar-refractivity contribution in [3.8, 4) is 0 Å². The number of sulfonamides is 1. The fraction of sp³-hybridized carbons (Fsp3) is 0.667. The van der Waals surface area contributed by atoms with Crippen LogP contribution in [0.25, 0.3) is 0 Å². The predicted octanol–water partition coefficient (Wildman–Crippen LogP) is 2.03. The van der Waals surface area contributed by atoms with E-state index in [9.17, 15) is 8.42 Å². The highest BCUT2D eigenvalue weighted by Gasteiger charge is 2.35. The minimum Gasteiger partial charge on any atom is -0.299 e. The standard InChI is InChI=1S/C15H22ClN3O2S/c16-15-6-3-13(8-17-15)11-19-7-1-2-12(10-19)9-18-22(20,21)14-4-5-14/h3,6,8,12,14,18H,1-2,4-5,7,9-11H2/t12-/m0/s1. The van der Waals surface area contributed by atoms with Gasteiger partial charge in [-0.3, -0.25) is 4.90 Å². The molecule has 1 aromatic rings. The molecular formula is C15H22ClN3O2S. The quantitative estimate of drug-likeness (QED) is 0.803. The molecule has 7 heteroatoms. The van der Waals surface area contributed by atoms with Gasteiger partial charge in [-0.25, -0.2) is 18.1 Å². The van der Waals surface area contributed by atoms with Crippen LogP contribution in [-0.4, -0.2) is 43.2 Å². The largest absolute Gasteiger partial charge is 0.299 e. The molecule has 1 aliphatic heterocycles. The van der Waals surface area contributed by atoms with Gasteiger partial charge in [-0.05, 0) is 49.8 Å². The van der Waals surface area contributed by atoms with Crippen LogP contribution in [0.15, 0.2) is 18.3 Å². The lowest BCUT2D eigenvalue weighted by Crippen LogP contribution is -2.41. The van der Waals surface area contributed by atoms with Crippen LogP contribution < -0.4 is 4.72 Å². The normalized spacial score (nSPS) is 23.6. The molecule has 1 aromatic heterocycles. The van der Waals surface area contributed by atoms with E-state index in [2.05, 4.69) is 14.6 Å². The molecule has 1 saturated heterocycles. The summed E-state index contributed by atoms with van der Waals surface area (Å²) in [5, 5.41) is 0.377. The Morgan fingerprint density at radius 1 is 1.32 bits per heavy atom. The third-order valence-corrected chi connectivity index (χ3v) is 6.48. The lowest BCUT2D eigenvalue weighted by Gasteiger charge is -2.32. The lowest BCUT2D eigenvalue weighted by molar-refractivity contribution is 0.168. The van der Waals surface area contributed by atoms with Crippen molar-refractivity contribution in [3.63, 3.8) is 0 Å². The summed E-state index contributed by atoms with van der Waals surface area (Å²) in [7, 11) is -3.06. The maximum atomic E-state index is 11.9. The van der Waals surface area contributed by atoms with Crippen LogP contribution in [0.1, 0.15) is 31.2 Å². The van der Waals surface area contributed by atoms with Crippen molar-refractivity contribution in [2.24, 2.45) is 5.92 Å². The summed E-state index contributed by atoms with van der Waals surface area (Å²) in [6.45, 7) is 3.38. The van der Waals surface area contributed by atoms with Gasteiger partial charge in [0, 0.05) is 25.8 Å². The first kappa shape index (κ1) is 16.2. The third kappa shape index (κ3) is 4.41. The van der Waals surface area contributed by atoms with Crippen molar-refractivity contribution in [1.82, 2.24) is 14.6 Å². The van der Waals surface area contributed by atoms with E-state index in [0.717, 1.165) is 50.9 Å². The van der Waals surface area contributed by atoms with Gasteiger partial charge in [0.2, 0.25) is 10.0 Å². The van der Waals surface area contributed by atoms with Crippen molar-refractivity contribution in [3.05, 3.63) is 29.0 Å². The fourth-order valence-electron chi connectivity index (χ4n) is 2.95. The number of nitrogens with one attached hydrogen (secondary N) is 1. The summed E-state index contributed by atoms with van der Waals surface area (Å²) in [6, 6.07) is 3.80. The molecule has 1 N–H and O–H groups in total. The summed E-state index contributed by atoms with van der Waals surface area (Å²) >= 11 is 5.80. The number of piperidine rings is 1. The van der Waals surface area contributed by atoms with Crippen LogP contribution >= 0.6 is 11.6 Å². The van der Waals surface area contributed by atoms with E-state index in [0.29, 0.717) is 17.6 Å². The van der Waals surface area contributed by atoms with Crippen molar-refractivity contribution in [2.75, 3.05) is 19.6 Å². The molecule has 0 unspecified atom stereocenters. The zero-order valence-corrected chi connectivity index (χ0v) is 14.1. The molecule has 5 nitrogen and oxygen atoms in total. The van der Waals surface area contributed by atoms with E-state index in [1.807, 2.05) is 18.3 Å². The molecule has 0 radical (unpaired) electrons. The molecule has 0 bridgehead atoms. The Kier molecular flexibility index (Phi) is 5.02. The number of aromatic nitrogens is 1. The van der Waals surface area contributed by atoms with E-state index < -0.39 is 10.0 Å². The average molecular weight is 344 g/mol. The smallest absolute Gasteiger partial charge is 0.214 e. The highest BCUT2D eigenvalue weighted by molar-refractivity contribution is 7.90. The van der Waals surface area contributed by atoms with Gasteiger partial charge in [-0.15, -0.1) is 0 Å². The molecule has 0 amide bonds. The van der Waals surface area contributed by atoms with Crippen molar-refractivity contribution < 1.29 is 8.42 Å². The minimum atomic E-state index is -3.06. The summed E-state index contributed by atoms with van der Waals surface area (Å²) in [4.78, 5) is 6.47. The molecule has 1 saturated carbocycles. The van der Waals surface area contributed by atoms with Crippen molar-refractivity contribution in [2.45, 2.75) is 37.5 Å². The molecule has 22 heavy (non-hydrogen) atoms. The van der Waals surface area contributed by atoms with Crippen LogP contribution in [0, 0.1) is 5.92 Å². The van der Waals surface area contributed by atoms with Crippen LogP contribution in [0.4, 0.5) is 0 Å². The highest BCUT2D eigenvalue weighted by Crippen LogP contribution is 2.27. The summed E-state index contributed by atoms with van der Waals surface area (Å²) in [5.74, 6) is 0.391. The van der Waals surface area contributed by atoms with Gasteiger partial charge < -0.3 is 0 Å². The third-order valence-electron chi connectivity index (χ3n) is 4.33. The van der Waals surface area contributed by atoms with E-state index in [1.165, 1.54) is 0 Å². The Morgan fingerprint density at radius 3 is 2.82 bits per heavy atom. The number of rotatable bonds is 6. The van der Waals surface area contributed by atoms with Gasteiger partial charge in [0.1, 0.15) is 5.15 Å². The van der Waals surface area contributed by atoms with Crippen molar-refractivity contribution in [1.29, 1.82) is 0 Å². The van der Waals surface area contributed by atoms with E-state index in [-0.39, 0.29) is 5.25 Å². The number of hydrogen-bond donors (Lipinski definition) is 1. The predicted molar refractivity (Wildman–Crippen MR) is 87.2 cm³/mol. The Morgan fingerprint density at radius 2 is 2.14 bits per heavy atom. The lowest BCUT2D eigenvalue weighted by atomic mass is 9.98. The highest BCUT2D eigenvalue weighted by atomic mass is 35.5. The Bertz CT molecular complexity index is 602. The molecule has 3 rings (SSSR count). The first-order chi connectivity index (χ1) is 10.5. The summed E-state index contributed by atoms with van der Waals surface area (Å²) in [5.41, 5.74) is 1.14. The van der Waals surface area contributed by atoms with E-state index in [1.54, 1.807) is 0 Å². The fourth-order valence-corrected chi connectivity index (χ4v) is 4.52. The molecule has 1 aliphatic carbocycles. The SMILES string of the molecule is O=S(=O)(NC[C@@H]1CCCN(Cc2ccc(Cl)nc2)C1)C1CC1. The number of hydrogen-bond acceptors (Lipinski definition) is 4. The molecular weight excluding hydrogens is 322 g/mol. The van der Waals surface area contributed by atoms with Gasteiger partial charge >= 0.3 is 0 Å². The van der Waals surface area contributed by atoms with Gasteiger partial charge in [0.15, 0.2) is 0 Å².